The summed E-state index contributed by atoms with van der Waals surface area (Å²) >= 11 is 0. The Kier molecular flexibility index (Phi) is 10.4. The Balaban J connectivity index is 1.56. The average Bonchev–Trinajstić information content (AvgIpc) is 3.61. The van der Waals surface area contributed by atoms with Gasteiger partial charge in [-0.25, -0.2) is 0 Å². The molecule has 208 valence electrons. The molecule has 5 N–H and O–H groups in total. The maximum absolute atomic E-state index is 12.8. The second kappa shape index (κ2) is 12.9. The number of carbonyl (C=O) groups is 1. The molecule has 2 fully saturated rings. The van der Waals surface area contributed by atoms with E-state index in [1.54, 1.807) is 6.92 Å². The SMILES string of the molecule is CC1=CC(=O)[C@]2(C/C=C(\C)CC/C=C(\C)CC/C=C(\C)CO)O[C@@H]2[C@@H]1O[C@@H]1O[C@H](CO)[C@@H](O)[C@H](O)[C@H]1O. The molecule has 0 spiro atoms. The van der Waals surface area contributed by atoms with Crippen LogP contribution in [0.1, 0.15) is 59.8 Å². The summed E-state index contributed by atoms with van der Waals surface area (Å²) in [6.45, 7) is 7.32. The first-order chi connectivity index (χ1) is 17.5. The van der Waals surface area contributed by atoms with Gasteiger partial charge in [-0.05, 0) is 65.0 Å². The summed E-state index contributed by atoms with van der Waals surface area (Å²) in [6.07, 6.45) is 3.65. The number of aliphatic hydroxyl groups excluding tert-OH is 5. The molecule has 0 amide bonds. The Hall–Kier alpha value is -1.69. The maximum atomic E-state index is 12.8. The second-order valence-electron chi connectivity index (χ2n) is 10.5. The molecule has 0 aromatic rings. The molecule has 37 heavy (non-hydrogen) atoms. The van der Waals surface area contributed by atoms with Crippen molar-refractivity contribution in [1.82, 2.24) is 0 Å². The molecule has 0 saturated carbocycles. The van der Waals surface area contributed by atoms with Crippen LogP contribution in [0.4, 0.5) is 0 Å². The lowest BCUT2D eigenvalue weighted by atomic mass is 9.84. The number of ketones is 1. The monoisotopic (exact) mass is 522 g/mol. The van der Waals surface area contributed by atoms with Gasteiger partial charge in [0.15, 0.2) is 17.7 Å². The van der Waals surface area contributed by atoms with Crippen molar-refractivity contribution in [2.24, 2.45) is 0 Å². The molecule has 0 aromatic carbocycles. The fraction of sp³-hybridized carbons (Fsp3) is 0.679. The first-order valence-corrected chi connectivity index (χ1v) is 13.0. The van der Waals surface area contributed by atoms with Crippen LogP contribution in [-0.4, -0.2) is 93.0 Å². The van der Waals surface area contributed by atoms with Crippen LogP contribution in [0.2, 0.25) is 0 Å². The van der Waals surface area contributed by atoms with E-state index < -0.39 is 55.1 Å². The van der Waals surface area contributed by atoms with Crippen molar-refractivity contribution in [2.45, 2.75) is 108 Å². The predicted octanol–water partition coefficient (Wildman–Crippen LogP) is 1.62. The Morgan fingerprint density at radius 1 is 0.973 bits per heavy atom. The molecule has 3 aliphatic rings. The lowest BCUT2D eigenvalue weighted by Gasteiger charge is -2.41. The normalized spacial score (nSPS) is 36.9. The summed E-state index contributed by atoms with van der Waals surface area (Å²) in [4.78, 5) is 12.8. The molecule has 2 aliphatic heterocycles. The fourth-order valence-electron chi connectivity index (χ4n) is 4.80. The lowest BCUT2D eigenvalue weighted by Crippen LogP contribution is -2.60. The van der Waals surface area contributed by atoms with E-state index in [0.717, 1.165) is 36.8 Å². The molecule has 1 aliphatic carbocycles. The van der Waals surface area contributed by atoms with Crippen molar-refractivity contribution in [3.63, 3.8) is 0 Å². The number of rotatable bonds is 12. The van der Waals surface area contributed by atoms with Crippen molar-refractivity contribution >= 4 is 5.78 Å². The summed E-state index contributed by atoms with van der Waals surface area (Å²) in [6, 6.07) is 0. The van der Waals surface area contributed by atoms with Gasteiger partial charge in [-0.1, -0.05) is 34.9 Å². The largest absolute Gasteiger partial charge is 0.394 e. The van der Waals surface area contributed by atoms with Crippen LogP contribution in [0.15, 0.2) is 46.6 Å². The van der Waals surface area contributed by atoms with Crippen molar-refractivity contribution in [2.75, 3.05) is 13.2 Å². The van der Waals surface area contributed by atoms with Crippen LogP contribution in [0.5, 0.6) is 0 Å². The van der Waals surface area contributed by atoms with E-state index in [0.29, 0.717) is 12.0 Å². The average molecular weight is 523 g/mol. The standard InChI is InChI=1S/C28H42O9/c1-16(8-6-10-18(3)14-29)7-5-9-17(2)11-12-28-21(31)13-19(4)25(26(28)37-28)36-27-24(34)23(33)22(32)20(15-30)35-27/h7,10-11,13,20,22-27,29-30,32-34H,5-6,8-9,12,14-15H2,1-4H3/b16-7+,17-11+,18-10+/t20-,22-,23+,24-,25-,26-,27+,28+/m1/s1. The molecule has 0 unspecified atom stereocenters. The molecule has 8 atom stereocenters. The molecule has 2 saturated heterocycles. The van der Waals surface area contributed by atoms with E-state index in [-0.39, 0.29) is 12.4 Å². The summed E-state index contributed by atoms with van der Waals surface area (Å²) in [5.74, 6) is -0.130. The molecule has 3 rings (SSSR count). The molecule has 9 nitrogen and oxygen atoms in total. The van der Waals surface area contributed by atoms with Gasteiger partial charge in [0.1, 0.15) is 36.6 Å². The van der Waals surface area contributed by atoms with Crippen LogP contribution in [0, 0.1) is 0 Å². The summed E-state index contributed by atoms with van der Waals surface area (Å²) < 4.78 is 17.3. The molecular weight excluding hydrogens is 480 g/mol. The predicted molar refractivity (Wildman–Crippen MR) is 136 cm³/mol. The van der Waals surface area contributed by atoms with Gasteiger partial charge in [0, 0.05) is 6.42 Å². The Bertz CT molecular complexity index is 934. The van der Waals surface area contributed by atoms with Crippen LogP contribution < -0.4 is 0 Å². The van der Waals surface area contributed by atoms with Gasteiger partial charge in [0.05, 0.1) is 13.2 Å². The highest BCUT2D eigenvalue weighted by molar-refractivity contribution is 6.02. The van der Waals surface area contributed by atoms with Gasteiger partial charge in [-0.15, -0.1) is 0 Å². The van der Waals surface area contributed by atoms with E-state index in [9.17, 15) is 25.2 Å². The molecule has 0 aromatic heterocycles. The van der Waals surface area contributed by atoms with Crippen molar-refractivity contribution in [3.05, 3.63) is 46.6 Å². The van der Waals surface area contributed by atoms with Gasteiger partial charge >= 0.3 is 0 Å². The number of ether oxygens (including phenoxy) is 3. The highest BCUT2D eigenvalue weighted by Gasteiger charge is 2.67. The van der Waals surface area contributed by atoms with Gasteiger partial charge < -0.3 is 39.7 Å². The first-order valence-electron chi connectivity index (χ1n) is 13.0. The highest BCUT2D eigenvalue weighted by Crippen LogP contribution is 2.49. The zero-order valence-electron chi connectivity index (χ0n) is 22.2. The Labute approximate surface area is 218 Å². The van der Waals surface area contributed by atoms with Crippen LogP contribution >= 0.6 is 0 Å². The highest BCUT2D eigenvalue weighted by atomic mass is 16.7. The van der Waals surface area contributed by atoms with Crippen molar-refractivity contribution < 1.29 is 44.5 Å². The summed E-state index contributed by atoms with van der Waals surface area (Å²) in [5, 5.41) is 48.9. The van der Waals surface area contributed by atoms with Crippen LogP contribution in [0.25, 0.3) is 0 Å². The van der Waals surface area contributed by atoms with Gasteiger partial charge in [0.25, 0.3) is 0 Å². The third kappa shape index (κ3) is 7.04. The number of allylic oxidation sites excluding steroid dienone is 4. The third-order valence-electron chi connectivity index (χ3n) is 7.43. The smallest absolute Gasteiger partial charge is 0.190 e. The molecule has 0 radical (unpaired) electrons. The molecule has 0 bridgehead atoms. The van der Waals surface area contributed by atoms with Gasteiger partial charge in [-0.2, -0.15) is 0 Å². The number of hydrogen-bond donors (Lipinski definition) is 5. The zero-order valence-corrected chi connectivity index (χ0v) is 22.2. The third-order valence-corrected chi connectivity index (χ3v) is 7.43. The van der Waals surface area contributed by atoms with E-state index in [4.69, 9.17) is 19.3 Å². The Morgan fingerprint density at radius 2 is 1.59 bits per heavy atom. The molecule has 2 heterocycles. The maximum Gasteiger partial charge on any atom is 0.190 e. The number of aliphatic hydroxyl groups is 5. The molecular formula is C28H42O9. The van der Waals surface area contributed by atoms with Gasteiger partial charge in [-0.3, -0.25) is 4.79 Å². The Morgan fingerprint density at radius 3 is 2.22 bits per heavy atom. The first kappa shape index (κ1) is 29.9. The number of epoxide rings is 1. The van der Waals surface area contributed by atoms with E-state index >= 15 is 0 Å². The van der Waals surface area contributed by atoms with Crippen molar-refractivity contribution in [3.8, 4) is 0 Å². The quantitative estimate of drug-likeness (QED) is 0.190. The number of carbonyl (C=O) groups excluding carboxylic acids is 1. The minimum atomic E-state index is -1.54. The minimum Gasteiger partial charge on any atom is -0.394 e. The summed E-state index contributed by atoms with van der Waals surface area (Å²) in [7, 11) is 0. The topological polar surface area (TPSA) is 149 Å². The van der Waals surface area contributed by atoms with E-state index in [1.807, 2.05) is 19.9 Å². The van der Waals surface area contributed by atoms with Crippen LogP contribution in [0.3, 0.4) is 0 Å². The second-order valence-corrected chi connectivity index (χ2v) is 10.5. The molecule has 9 heteroatoms. The van der Waals surface area contributed by atoms with Gasteiger partial charge in [0.2, 0.25) is 0 Å². The number of hydrogen-bond acceptors (Lipinski definition) is 9. The van der Waals surface area contributed by atoms with E-state index in [2.05, 4.69) is 19.1 Å². The van der Waals surface area contributed by atoms with E-state index in [1.165, 1.54) is 11.6 Å². The van der Waals surface area contributed by atoms with Crippen molar-refractivity contribution in [1.29, 1.82) is 0 Å². The zero-order chi connectivity index (χ0) is 27.3. The summed E-state index contributed by atoms with van der Waals surface area (Å²) in [5.41, 5.74) is 3.02. The number of fused-ring (bicyclic) bond motifs is 1. The van der Waals surface area contributed by atoms with Crippen LogP contribution in [-0.2, 0) is 19.0 Å². The lowest BCUT2D eigenvalue weighted by molar-refractivity contribution is -0.309. The minimum absolute atomic E-state index is 0.0945. The fourth-order valence-corrected chi connectivity index (χ4v) is 4.80.